The molecule has 0 atom stereocenters. The molecule has 80 valence electrons. The maximum absolute atomic E-state index is 5.99. The van der Waals surface area contributed by atoms with Crippen LogP contribution in [0.1, 0.15) is 5.56 Å². The molecule has 2 heteroatoms. The molecule has 0 aromatic heterocycles. The Morgan fingerprint density at radius 1 is 0.938 bits per heavy atom. The van der Waals surface area contributed by atoms with Crippen LogP contribution < -0.4 is 10.5 Å². The van der Waals surface area contributed by atoms with Crippen LogP contribution >= 0.6 is 0 Å². The number of benzene rings is 2. The molecule has 3 rings (SSSR count). The van der Waals surface area contributed by atoms with Crippen LogP contribution in [0.25, 0.3) is 11.1 Å². The summed E-state index contributed by atoms with van der Waals surface area (Å²) in [6, 6.07) is 14.1. The molecule has 2 aromatic carbocycles. The van der Waals surface area contributed by atoms with Crippen molar-refractivity contribution in [3.8, 4) is 16.9 Å². The van der Waals surface area contributed by atoms with Gasteiger partial charge in [0.1, 0.15) is 5.75 Å². The number of hydrogen-bond donors (Lipinski definition) is 1. The van der Waals surface area contributed by atoms with E-state index >= 15 is 0 Å². The standard InChI is InChI=1S/C14H13NO/c15-13-7-2-1-5-11(13)12-6-3-4-10-8-9-16-14(10)12/h1-7H,8-9,15H2. The highest BCUT2D eigenvalue weighted by Crippen LogP contribution is 2.38. The number of fused-ring (bicyclic) bond motifs is 1. The summed E-state index contributed by atoms with van der Waals surface area (Å²) in [4.78, 5) is 0. The van der Waals surface area contributed by atoms with Crippen molar-refractivity contribution in [2.24, 2.45) is 0 Å². The van der Waals surface area contributed by atoms with Gasteiger partial charge in [-0.25, -0.2) is 0 Å². The van der Waals surface area contributed by atoms with E-state index in [0.717, 1.165) is 35.6 Å². The summed E-state index contributed by atoms with van der Waals surface area (Å²) in [6.07, 6.45) is 0.996. The molecule has 16 heavy (non-hydrogen) atoms. The van der Waals surface area contributed by atoms with E-state index in [2.05, 4.69) is 18.2 Å². The molecule has 0 saturated carbocycles. The number of nitrogens with two attached hydrogens (primary N) is 1. The van der Waals surface area contributed by atoms with E-state index in [1.807, 2.05) is 24.3 Å². The van der Waals surface area contributed by atoms with E-state index in [1.54, 1.807) is 0 Å². The minimum absolute atomic E-state index is 0.777. The first-order valence-corrected chi connectivity index (χ1v) is 5.46. The predicted molar refractivity (Wildman–Crippen MR) is 65.5 cm³/mol. The van der Waals surface area contributed by atoms with E-state index in [-0.39, 0.29) is 0 Å². The number of para-hydroxylation sites is 2. The number of rotatable bonds is 1. The van der Waals surface area contributed by atoms with Gasteiger partial charge in [0.2, 0.25) is 0 Å². The van der Waals surface area contributed by atoms with Crippen molar-refractivity contribution in [3.05, 3.63) is 48.0 Å². The zero-order valence-corrected chi connectivity index (χ0v) is 8.94. The molecule has 0 bridgehead atoms. The predicted octanol–water partition coefficient (Wildman–Crippen LogP) is 2.87. The van der Waals surface area contributed by atoms with Crippen molar-refractivity contribution in [2.45, 2.75) is 6.42 Å². The van der Waals surface area contributed by atoms with Crippen molar-refractivity contribution in [3.63, 3.8) is 0 Å². The number of nitrogen functional groups attached to an aromatic ring is 1. The van der Waals surface area contributed by atoms with Crippen LogP contribution in [0.5, 0.6) is 5.75 Å². The second-order valence-electron chi connectivity index (χ2n) is 3.98. The van der Waals surface area contributed by atoms with Gasteiger partial charge in [-0.05, 0) is 11.6 Å². The molecule has 0 saturated heterocycles. The summed E-state index contributed by atoms with van der Waals surface area (Å²) < 4.78 is 5.68. The maximum atomic E-state index is 5.99. The molecule has 0 amide bonds. The van der Waals surface area contributed by atoms with Crippen LogP contribution in [0.2, 0.25) is 0 Å². The molecule has 0 unspecified atom stereocenters. The highest BCUT2D eigenvalue weighted by atomic mass is 16.5. The number of anilines is 1. The highest BCUT2D eigenvalue weighted by molar-refractivity contribution is 5.81. The van der Waals surface area contributed by atoms with Crippen LogP contribution in [0.3, 0.4) is 0 Å². The van der Waals surface area contributed by atoms with E-state index in [1.165, 1.54) is 5.56 Å². The lowest BCUT2D eigenvalue weighted by molar-refractivity contribution is 0.358. The topological polar surface area (TPSA) is 35.2 Å². The smallest absolute Gasteiger partial charge is 0.130 e. The Morgan fingerprint density at radius 3 is 2.62 bits per heavy atom. The average molecular weight is 211 g/mol. The molecule has 0 aliphatic carbocycles. The zero-order chi connectivity index (χ0) is 11.0. The molecule has 2 aromatic rings. The zero-order valence-electron chi connectivity index (χ0n) is 8.94. The van der Waals surface area contributed by atoms with Crippen LogP contribution in [0.15, 0.2) is 42.5 Å². The monoisotopic (exact) mass is 211 g/mol. The van der Waals surface area contributed by atoms with Crippen LogP contribution in [-0.4, -0.2) is 6.61 Å². The van der Waals surface area contributed by atoms with Crippen molar-refractivity contribution >= 4 is 5.69 Å². The minimum atomic E-state index is 0.777. The highest BCUT2D eigenvalue weighted by Gasteiger charge is 2.17. The Labute approximate surface area is 94.7 Å². The van der Waals surface area contributed by atoms with Gasteiger partial charge in [-0.1, -0.05) is 36.4 Å². The van der Waals surface area contributed by atoms with Gasteiger partial charge >= 0.3 is 0 Å². The largest absolute Gasteiger partial charge is 0.492 e. The third kappa shape index (κ3) is 1.34. The SMILES string of the molecule is Nc1ccccc1-c1cccc2c1OCC2. The van der Waals surface area contributed by atoms with Crippen LogP contribution in [-0.2, 0) is 6.42 Å². The molecular weight excluding hydrogens is 198 g/mol. The first-order chi connectivity index (χ1) is 7.86. The molecule has 0 fully saturated rings. The lowest BCUT2D eigenvalue weighted by Gasteiger charge is -2.10. The molecular formula is C14H13NO. The molecule has 0 spiro atoms. The van der Waals surface area contributed by atoms with Crippen LogP contribution in [0, 0.1) is 0 Å². The van der Waals surface area contributed by atoms with Crippen molar-refractivity contribution < 1.29 is 4.74 Å². The molecule has 1 aliphatic heterocycles. The van der Waals surface area contributed by atoms with E-state index in [9.17, 15) is 0 Å². The Bertz CT molecular complexity index is 534. The number of hydrogen-bond acceptors (Lipinski definition) is 2. The fourth-order valence-corrected chi connectivity index (χ4v) is 2.17. The van der Waals surface area contributed by atoms with Gasteiger partial charge in [0.25, 0.3) is 0 Å². The van der Waals surface area contributed by atoms with Gasteiger partial charge in [-0.3, -0.25) is 0 Å². The van der Waals surface area contributed by atoms with E-state index in [0.29, 0.717) is 0 Å². The van der Waals surface area contributed by atoms with E-state index in [4.69, 9.17) is 10.5 Å². The van der Waals surface area contributed by atoms with Crippen molar-refractivity contribution in [1.29, 1.82) is 0 Å². The Hall–Kier alpha value is -1.96. The molecule has 0 radical (unpaired) electrons. The Balaban J connectivity index is 2.21. The summed E-state index contributed by atoms with van der Waals surface area (Å²) in [5.74, 6) is 1.00. The van der Waals surface area contributed by atoms with Gasteiger partial charge in [-0.15, -0.1) is 0 Å². The fraction of sp³-hybridized carbons (Fsp3) is 0.143. The summed E-state index contributed by atoms with van der Waals surface area (Å²) in [5.41, 5.74) is 10.2. The third-order valence-electron chi connectivity index (χ3n) is 2.97. The summed E-state index contributed by atoms with van der Waals surface area (Å²) >= 11 is 0. The molecule has 2 nitrogen and oxygen atoms in total. The van der Waals surface area contributed by atoms with Crippen molar-refractivity contribution in [1.82, 2.24) is 0 Å². The quantitative estimate of drug-likeness (QED) is 0.736. The summed E-state index contributed by atoms with van der Waals surface area (Å²) in [7, 11) is 0. The van der Waals surface area contributed by atoms with Gasteiger partial charge < -0.3 is 10.5 Å². The molecule has 1 aliphatic rings. The second kappa shape index (κ2) is 3.56. The van der Waals surface area contributed by atoms with Gasteiger partial charge in [0.05, 0.1) is 6.61 Å². The lowest BCUT2D eigenvalue weighted by Crippen LogP contribution is -1.92. The van der Waals surface area contributed by atoms with Crippen LogP contribution in [0.4, 0.5) is 5.69 Å². The summed E-state index contributed by atoms with van der Waals surface area (Å²) in [5, 5.41) is 0. The Morgan fingerprint density at radius 2 is 1.75 bits per heavy atom. The summed E-state index contributed by atoms with van der Waals surface area (Å²) in [6.45, 7) is 0.777. The lowest BCUT2D eigenvalue weighted by atomic mass is 10.00. The van der Waals surface area contributed by atoms with Crippen molar-refractivity contribution in [2.75, 3.05) is 12.3 Å². The first kappa shape index (κ1) is 9.28. The maximum Gasteiger partial charge on any atom is 0.130 e. The minimum Gasteiger partial charge on any atom is -0.492 e. The van der Waals surface area contributed by atoms with E-state index < -0.39 is 0 Å². The third-order valence-corrected chi connectivity index (χ3v) is 2.97. The Kier molecular flexibility index (Phi) is 2.07. The average Bonchev–Trinajstić information content (AvgIpc) is 2.77. The second-order valence-corrected chi connectivity index (χ2v) is 3.98. The van der Waals surface area contributed by atoms with Gasteiger partial charge in [0.15, 0.2) is 0 Å². The normalized spacial score (nSPS) is 13.2. The van der Waals surface area contributed by atoms with Gasteiger partial charge in [0, 0.05) is 23.2 Å². The molecule has 2 N–H and O–H groups in total. The molecule has 1 heterocycles. The number of ether oxygens (including phenoxy) is 1. The fourth-order valence-electron chi connectivity index (χ4n) is 2.17. The first-order valence-electron chi connectivity index (χ1n) is 5.46. The van der Waals surface area contributed by atoms with Gasteiger partial charge in [-0.2, -0.15) is 0 Å².